The van der Waals surface area contributed by atoms with Gasteiger partial charge in [0.25, 0.3) is 0 Å². The molecule has 0 bridgehead atoms. The molecule has 0 aliphatic carbocycles. The van der Waals surface area contributed by atoms with Crippen molar-refractivity contribution in [3.05, 3.63) is 47.9 Å². The molecule has 0 radical (unpaired) electrons. The first-order chi connectivity index (χ1) is 8.69. The summed E-state index contributed by atoms with van der Waals surface area (Å²) in [5.74, 6) is 0.764. The highest BCUT2D eigenvalue weighted by molar-refractivity contribution is 5.93. The Hall–Kier alpha value is -2.47. The summed E-state index contributed by atoms with van der Waals surface area (Å²) >= 11 is 0. The molecule has 2 rings (SSSR count). The van der Waals surface area contributed by atoms with Crippen LogP contribution in [0.2, 0.25) is 0 Å². The molecule has 0 unspecified atom stereocenters. The van der Waals surface area contributed by atoms with Gasteiger partial charge in [0.2, 0.25) is 5.91 Å². The SMILES string of the molecule is NCc1nccc(Nc2ccc(C(N)=O)cc2)n1. The summed E-state index contributed by atoms with van der Waals surface area (Å²) in [4.78, 5) is 19.1. The fourth-order valence-electron chi connectivity index (χ4n) is 1.43. The average molecular weight is 243 g/mol. The average Bonchev–Trinajstić information content (AvgIpc) is 2.39. The first kappa shape index (κ1) is 12.0. The third-order valence-electron chi connectivity index (χ3n) is 2.33. The van der Waals surface area contributed by atoms with Crippen molar-refractivity contribution < 1.29 is 4.79 Å². The topological polar surface area (TPSA) is 107 Å². The maximum absolute atomic E-state index is 10.9. The van der Waals surface area contributed by atoms with Crippen LogP contribution in [0.1, 0.15) is 16.2 Å². The summed E-state index contributed by atoms with van der Waals surface area (Å²) in [7, 11) is 0. The number of aromatic nitrogens is 2. The number of hydrogen-bond donors (Lipinski definition) is 3. The number of primary amides is 1. The van der Waals surface area contributed by atoms with Crippen LogP contribution < -0.4 is 16.8 Å². The van der Waals surface area contributed by atoms with Gasteiger partial charge in [0.1, 0.15) is 11.6 Å². The van der Waals surface area contributed by atoms with E-state index < -0.39 is 5.91 Å². The lowest BCUT2D eigenvalue weighted by atomic mass is 10.2. The second-order valence-electron chi connectivity index (χ2n) is 3.63. The van der Waals surface area contributed by atoms with Crippen molar-refractivity contribution in [3.8, 4) is 0 Å². The molecule has 1 heterocycles. The number of nitrogens with two attached hydrogens (primary N) is 2. The summed E-state index contributed by atoms with van der Waals surface area (Å²) in [5.41, 5.74) is 11.9. The molecule has 0 spiro atoms. The number of anilines is 2. The lowest BCUT2D eigenvalue weighted by Gasteiger charge is -2.06. The zero-order chi connectivity index (χ0) is 13.0. The van der Waals surface area contributed by atoms with Crippen LogP contribution in [-0.2, 0) is 6.54 Å². The van der Waals surface area contributed by atoms with Crippen molar-refractivity contribution in [2.45, 2.75) is 6.54 Å². The monoisotopic (exact) mass is 243 g/mol. The summed E-state index contributed by atoms with van der Waals surface area (Å²) < 4.78 is 0. The van der Waals surface area contributed by atoms with Crippen LogP contribution in [0.5, 0.6) is 0 Å². The van der Waals surface area contributed by atoms with Crippen molar-refractivity contribution in [2.24, 2.45) is 11.5 Å². The maximum atomic E-state index is 10.9. The van der Waals surface area contributed by atoms with Gasteiger partial charge in [-0.2, -0.15) is 0 Å². The van der Waals surface area contributed by atoms with Crippen molar-refractivity contribution in [1.29, 1.82) is 0 Å². The maximum Gasteiger partial charge on any atom is 0.248 e. The second-order valence-corrected chi connectivity index (χ2v) is 3.63. The minimum Gasteiger partial charge on any atom is -0.366 e. The van der Waals surface area contributed by atoms with Crippen LogP contribution in [0.4, 0.5) is 11.5 Å². The third kappa shape index (κ3) is 2.80. The Balaban J connectivity index is 2.15. The number of rotatable bonds is 4. The lowest BCUT2D eigenvalue weighted by Crippen LogP contribution is -2.10. The van der Waals surface area contributed by atoms with Crippen LogP contribution in [0.25, 0.3) is 0 Å². The molecule has 0 saturated heterocycles. The molecule has 18 heavy (non-hydrogen) atoms. The Bertz CT molecular complexity index is 553. The zero-order valence-electron chi connectivity index (χ0n) is 9.63. The van der Waals surface area contributed by atoms with E-state index in [1.54, 1.807) is 36.5 Å². The van der Waals surface area contributed by atoms with Gasteiger partial charge in [0.05, 0.1) is 6.54 Å². The van der Waals surface area contributed by atoms with Gasteiger partial charge in [0.15, 0.2) is 0 Å². The Morgan fingerprint density at radius 1 is 1.22 bits per heavy atom. The van der Waals surface area contributed by atoms with Gasteiger partial charge in [-0.05, 0) is 30.3 Å². The summed E-state index contributed by atoms with van der Waals surface area (Å²) in [6.07, 6.45) is 1.63. The van der Waals surface area contributed by atoms with Crippen molar-refractivity contribution in [3.63, 3.8) is 0 Å². The highest BCUT2D eigenvalue weighted by atomic mass is 16.1. The molecule has 2 aromatic rings. The predicted octanol–water partition coefficient (Wildman–Crippen LogP) is 0.778. The first-order valence-corrected chi connectivity index (χ1v) is 5.38. The fraction of sp³-hybridized carbons (Fsp3) is 0.0833. The van der Waals surface area contributed by atoms with Crippen molar-refractivity contribution in [2.75, 3.05) is 5.32 Å². The zero-order valence-corrected chi connectivity index (χ0v) is 9.63. The quantitative estimate of drug-likeness (QED) is 0.735. The van der Waals surface area contributed by atoms with E-state index in [9.17, 15) is 4.79 Å². The predicted molar refractivity (Wildman–Crippen MR) is 68.2 cm³/mol. The third-order valence-corrected chi connectivity index (χ3v) is 2.33. The highest BCUT2D eigenvalue weighted by Gasteiger charge is 2.01. The minimum atomic E-state index is -0.450. The number of hydrogen-bond acceptors (Lipinski definition) is 5. The van der Waals surface area contributed by atoms with Gasteiger partial charge in [-0.15, -0.1) is 0 Å². The van der Waals surface area contributed by atoms with Crippen LogP contribution in [0.15, 0.2) is 36.5 Å². The summed E-state index contributed by atoms with van der Waals surface area (Å²) in [6, 6.07) is 8.54. The van der Waals surface area contributed by atoms with Gasteiger partial charge in [-0.3, -0.25) is 4.79 Å². The van der Waals surface area contributed by atoms with E-state index in [4.69, 9.17) is 11.5 Å². The van der Waals surface area contributed by atoms with Gasteiger partial charge >= 0.3 is 0 Å². The Morgan fingerprint density at radius 3 is 2.56 bits per heavy atom. The van der Waals surface area contributed by atoms with Gasteiger partial charge in [-0.25, -0.2) is 9.97 Å². The molecule has 5 N–H and O–H groups in total. The van der Waals surface area contributed by atoms with E-state index in [0.29, 0.717) is 17.2 Å². The van der Waals surface area contributed by atoms with E-state index in [-0.39, 0.29) is 6.54 Å². The number of nitrogens with one attached hydrogen (secondary N) is 1. The molecule has 1 amide bonds. The van der Waals surface area contributed by atoms with Crippen molar-refractivity contribution >= 4 is 17.4 Å². The molecular formula is C12H13N5O. The molecular weight excluding hydrogens is 230 g/mol. The molecule has 6 nitrogen and oxygen atoms in total. The number of nitrogens with zero attached hydrogens (tertiary/aromatic N) is 2. The molecule has 92 valence electrons. The fourth-order valence-corrected chi connectivity index (χ4v) is 1.43. The van der Waals surface area contributed by atoms with Gasteiger partial charge < -0.3 is 16.8 Å². The number of amides is 1. The van der Waals surface area contributed by atoms with Crippen molar-refractivity contribution in [1.82, 2.24) is 9.97 Å². The van der Waals surface area contributed by atoms with E-state index in [1.807, 2.05) is 0 Å². The van der Waals surface area contributed by atoms with E-state index >= 15 is 0 Å². The Morgan fingerprint density at radius 2 is 1.94 bits per heavy atom. The number of carbonyl (C=O) groups excluding carboxylic acids is 1. The molecule has 6 heteroatoms. The molecule has 0 aliphatic heterocycles. The van der Waals surface area contributed by atoms with Crippen LogP contribution in [-0.4, -0.2) is 15.9 Å². The van der Waals surface area contributed by atoms with E-state index in [1.165, 1.54) is 0 Å². The Labute approximate surface area is 104 Å². The molecule has 0 saturated carbocycles. The highest BCUT2D eigenvalue weighted by Crippen LogP contribution is 2.14. The lowest BCUT2D eigenvalue weighted by molar-refractivity contribution is 0.100. The van der Waals surface area contributed by atoms with E-state index in [2.05, 4.69) is 15.3 Å². The molecule has 1 aromatic heterocycles. The number of carbonyl (C=O) groups is 1. The van der Waals surface area contributed by atoms with Gasteiger partial charge in [-0.1, -0.05) is 0 Å². The molecule has 1 aromatic carbocycles. The van der Waals surface area contributed by atoms with E-state index in [0.717, 1.165) is 5.69 Å². The van der Waals surface area contributed by atoms with Crippen LogP contribution in [0, 0.1) is 0 Å². The normalized spacial score (nSPS) is 10.1. The molecule has 0 aliphatic rings. The second kappa shape index (κ2) is 5.24. The van der Waals surface area contributed by atoms with Gasteiger partial charge in [0, 0.05) is 17.4 Å². The summed E-state index contributed by atoms with van der Waals surface area (Å²) in [5, 5.41) is 3.09. The number of benzene rings is 1. The summed E-state index contributed by atoms with van der Waals surface area (Å²) in [6.45, 7) is 0.288. The van der Waals surface area contributed by atoms with Crippen LogP contribution >= 0.6 is 0 Å². The molecule has 0 atom stereocenters. The standard InChI is InChI=1S/C12H13N5O/c13-7-11-15-6-5-10(17-11)16-9-3-1-8(2-4-9)12(14)18/h1-6H,7,13H2,(H2,14,18)(H,15,16,17). The van der Waals surface area contributed by atoms with Crippen LogP contribution in [0.3, 0.4) is 0 Å². The molecule has 0 fully saturated rings. The smallest absolute Gasteiger partial charge is 0.248 e. The minimum absolute atomic E-state index is 0.288. The largest absolute Gasteiger partial charge is 0.366 e. The Kier molecular flexibility index (Phi) is 3.49. The first-order valence-electron chi connectivity index (χ1n) is 5.38.